The number of hydrogen-bond donors (Lipinski definition) is 4. The van der Waals surface area contributed by atoms with E-state index in [1.165, 1.54) is 13.2 Å². The summed E-state index contributed by atoms with van der Waals surface area (Å²) in [5.41, 5.74) is -3.70. The average molecular weight is 636 g/mol. The fourth-order valence-electron chi connectivity index (χ4n) is 9.17. The van der Waals surface area contributed by atoms with Crippen LogP contribution in [0, 0.1) is 28.6 Å². The van der Waals surface area contributed by atoms with Crippen LogP contribution in [0.2, 0.25) is 0 Å². The maximum absolute atomic E-state index is 13.7. The van der Waals surface area contributed by atoms with E-state index in [1.54, 1.807) is 20.8 Å². The quantitative estimate of drug-likeness (QED) is 0.174. The summed E-state index contributed by atoms with van der Waals surface area (Å²) in [5.74, 6) is -5.03. The summed E-state index contributed by atoms with van der Waals surface area (Å²) in [4.78, 5) is 52.8. The molecule has 0 aromatic carbocycles. The van der Waals surface area contributed by atoms with Crippen LogP contribution in [0.25, 0.3) is 0 Å². The Morgan fingerprint density at radius 1 is 1.18 bits per heavy atom. The highest BCUT2D eigenvalue weighted by Gasteiger charge is 2.84. The van der Waals surface area contributed by atoms with Crippen LogP contribution in [0.15, 0.2) is 23.0 Å². The summed E-state index contributed by atoms with van der Waals surface area (Å²) in [7, 11) is 1.19. The number of fused-ring (bicyclic) bond motifs is 2. The molecule has 11 atom stereocenters. The molecule has 2 aliphatic heterocycles. The fraction of sp³-hybridized carbons (Fsp3) is 0.750. The minimum Gasteiger partial charge on any atom is -0.480 e. The molecule has 1 amide bonds. The Morgan fingerprint density at radius 2 is 1.84 bits per heavy atom. The summed E-state index contributed by atoms with van der Waals surface area (Å²) < 4.78 is 29.0. The predicted molar refractivity (Wildman–Crippen MR) is 155 cm³/mol. The van der Waals surface area contributed by atoms with Gasteiger partial charge in [-0.05, 0) is 64.9 Å². The zero-order valence-corrected chi connectivity index (χ0v) is 27.0. The SMILES string of the molecule is COC(O)[C@@]12OC[C@]34C([C@@H](O)[C@@H]1O)[C@@]1(C)CC(=O)C(OCC(=O)NC(C)(C)C)=C(C)[C@@H]1C[C@H]3OC(=O)[C@H](OC(=O)C=C(C)C)[C@H]42. The van der Waals surface area contributed by atoms with Gasteiger partial charge in [-0.3, -0.25) is 9.59 Å². The highest BCUT2D eigenvalue weighted by atomic mass is 16.7. The van der Waals surface area contributed by atoms with Gasteiger partial charge in [-0.15, -0.1) is 0 Å². The first-order valence-corrected chi connectivity index (χ1v) is 15.3. The fourth-order valence-corrected chi connectivity index (χ4v) is 9.17. The van der Waals surface area contributed by atoms with Crippen molar-refractivity contribution < 1.29 is 58.2 Å². The third kappa shape index (κ3) is 4.93. The second kappa shape index (κ2) is 11.2. The van der Waals surface area contributed by atoms with Gasteiger partial charge >= 0.3 is 11.9 Å². The number of carbonyl (C=O) groups is 4. The zero-order valence-electron chi connectivity index (χ0n) is 27.0. The number of ketones is 1. The number of aliphatic hydroxyl groups excluding tert-OH is 3. The number of carbonyl (C=O) groups excluding carboxylic acids is 4. The zero-order chi connectivity index (χ0) is 33.4. The largest absolute Gasteiger partial charge is 0.480 e. The van der Waals surface area contributed by atoms with Crippen LogP contribution in [0.4, 0.5) is 0 Å². The van der Waals surface area contributed by atoms with Gasteiger partial charge in [-0.2, -0.15) is 0 Å². The van der Waals surface area contributed by atoms with Crippen molar-refractivity contribution in [3.63, 3.8) is 0 Å². The molecular formula is C32H45NO12. The van der Waals surface area contributed by atoms with Crippen molar-refractivity contribution in [2.45, 2.75) is 103 Å². The van der Waals surface area contributed by atoms with Crippen LogP contribution < -0.4 is 5.32 Å². The maximum Gasteiger partial charge on any atom is 0.348 e. The third-order valence-corrected chi connectivity index (χ3v) is 10.5. The van der Waals surface area contributed by atoms with E-state index in [4.69, 9.17) is 23.7 Å². The third-order valence-electron chi connectivity index (χ3n) is 10.5. The van der Waals surface area contributed by atoms with Gasteiger partial charge in [-0.25, -0.2) is 9.59 Å². The van der Waals surface area contributed by atoms with Gasteiger partial charge in [0.2, 0.25) is 6.10 Å². The van der Waals surface area contributed by atoms with E-state index < -0.39 is 88.3 Å². The number of aliphatic hydroxyl groups is 3. The van der Waals surface area contributed by atoms with Gasteiger partial charge in [-0.1, -0.05) is 12.5 Å². The van der Waals surface area contributed by atoms with Crippen molar-refractivity contribution in [1.82, 2.24) is 5.32 Å². The molecule has 0 aromatic rings. The predicted octanol–water partition coefficient (Wildman–Crippen LogP) is 0.682. The number of methoxy groups -OCH3 is 1. The van der Waals surface area contributed by atoms with Crippen LogP contribution in [0.1, 0.15) is 61.3 Å². The van der Waals surface area contributed by atoms with E-state index in [0.29, 0.717) is 11.1 Å². The number of esters is 2. The lowest BCUT2D eigenvalue weighted by Gasteiger charge is -2.67. The van der Waals surface area contributed by atoms with Crippen molar-refractivity contribution >= 4 is 23.6 Å². The molecular weight excluding hydrogens is 590 g/mol. The Hall–Kier alpha value is -2.84. The van der Waals surface area contributed by atoms with Crippen LogP contribution in [0.3, 0.4) is 0 Å². The lowest BCUT2D eigenvalue weighted by atomic mass is 9.38. The number of allylic oxidation sites excluding steroid dienone is 3. The summed E-state index contributed by atoms with van der Waals surface area (Å²) >= 11 is 0. The van der Waals surface area contributed by atoms with Gasteiger partial charge in [0, 0.05) is 36.5 Å². The van der Waals surface area contributed by atoms with Crippen LogP contribution in [-0.2, 0) is 42.9 Å². The molecule has 4 N–H and O–H groups in total. The number of Topliss-reactive ketones (excluding diaryl/α,β-unsaturated/α-hetero) is 1. The molecule has 0 aromatic heterocycles. The van der Waals surface area contributed by atoms with Crippen molar-refractivity contribution in [2.75, 3.05) is 20.3 Å². The van der Waals surface area contributed by atoms with E-state index in [0.717, 1.165) is 0 Å². The molecule has 2 unspecified atom stereocenters. The van der Waals surface area contributed by atoms with Gasteiger partial charge in [0.25, 0.3) is 5.91 Å². The Bertz CT molecular complexity index is 1350. The molecule has 2 saturated heterocycles. The van der Waals surface area contributed by atoms with E-state index in [9.17, 15) is 34.5 Å². The molecule has 45 heavy (non-hydrogen) atoms. The summed E-state index contributed by atoms with van der Waals surface area (Å²) in [6.07, 6.45) is -6.43. The highest BCUT2D eigenvalue weighted by molar-refractivity contribution is 5.96. The Labute approximate surface area is 262 Å². The summed E-state index contributed by atoms with van der Waals surface area (Å²) in [6, 6.07) is 0. The summed E-state index contributed by atoms with van der Waals surface area (Å²) in [6.45, 7) is 11.8. The molecule has 250 valence electrons. The summed E-state index contributed by atoms with van der Waals surface area (Å²) in [5, 5.41) is 37.7. The average Bonchev–Trinajstić information content (AvgIpc) is 3.22. The highest BCUT2D eigenvalue weighted by Crippen LogP contribution is 2.73. The first kappa shape index (κ1) is 33.5. The molecule has 4 fully saturated rings. The molecule has 0 radical (unpaired) electrons. The second-order valence-electron chi connectivity index (χ2n) is 14.7. The Kier molecular flexibility index (Phi) is 8.31. The van der Waals surface area contributed by atoms with Crippen LogP contribution in [-0.4, -0.2) is 101 Å². The monoisotopic (exact) mass is 635 g/mol. The first-order chi connectivity index (χ1) is 20.8. The van der Waals surface area contributed by atoms with Crippen LogP contribution >= 0.6 is 0 Å². The minimum absolute atomic E-state index is 0.0439. The minimum atomic E-state index is -2.06. The van der Waals surface area contributed by atoms with E-state index >= 15 is 0 Å². The molecule has 5 rings (SSSR count). The molecule has 2 bridgehead atoms. The lowest BCUT2D eigenvalue weighted by molar-refractivity contribution is -0.327. The van der Waals surface area contributed by atoms with Gasteiger partial charge in [0.05, 0.1) is 18.6 Å². The Morgan fingerprint density at radius 3 is 2.44 bits per heavy atom. The molecule has 1 spiro atoms. The number of amides is 1. The topological polar surface area (TPSA) is 187 Å². The van der Waals surface area contributed by atoms with E-state index in [-0.39, 0.29) is 37.6 Å². The normalized spacial score (nSPS) is 40.9. The number of rotatable bonds is 7. The van der Waals surface area contributed by atoms with Crippen molar-refractivity contribution in [1.29, 1.82) is 0 Å². The van der Waals surface area contributed by atoms with E-state index in [2.05, 4.69) is 5.32 Å². The lowest BCUT2D eigenvalue weighted by Crippen LogP contribution is -2.79. The first-order valence-electron chi connectivity index (χ1n) is 15.3. The van der Waals surface area contributed by atoms with Gasteiger partial charge < -0.3 is 44.3 Å². The molecule has 2 saturated carbocycles. The molecule has 2 heterocycles. The Balaban J connectivity index is 1.60. The number of hydrogen-bond acceptors (Lipinski definition) is 12. The van der Waals surface area contributed by atoms with Gasteiger partial charge in [0.1, 0.15) is 12.2 Å². The molecule has 5 aliphatic rings. The maximum atomic E-state index is 13.7. The van der Waals surface area contributed by atoms with Gasteiger partial charge in [0.15, 0.2) is 30.0 Å². The van der Waals surface area contributed by atoms with E-state index in [1.807, 2.05) is 27.7 Å². The second-order valence-corrected chi connectivity index (χ2v) is 14.7. The van der Waals surface area contributed by atoms with Crippen molar-refractivity contribution in [2.24, 2.45) is 28.6 Å². The molecule has 13 nitrogen and oxygen atoms in total. The van der Waals surface area contributed by atoms with Crippen LogP contribution in [0.5, 0.6) is 0 Å². The van der Waals surface area contributed by atoms with Crippen molar-refractivity contribution in [3.8, 4) is 0 Å². The molecule has 13 heteroatoms. The number of nitrogens with one attached hydrogen (secondary N) is 1. The smallest absolute Gasteiger partial charge is 0.348 e. The number of ether oxygens (including phenoxy) is 5. The standard InChI is InChI=1S/C32H45NO12/c1-14(2)9-20(36)45-23-25-31-13-43-32(25,28(40)41-8)26(38)21(37)24(31)30(7)11-17(34)22(42-12-19(35)33-29(4,5)6)15(3)16(30)10-18(31)44-27(23)39/h9,16,18,21,23-26,28,37-38,40H,10-13H2,1-8H3,(H,33,35)/t16-,18+,21+,23+,24?,25+,26-,28?,30-,31+,32-/m0/s1. The van der Waals surface area contributed by atoms with Crippen molar-refractivity contribution in [3.05, 3.63) is 23.0 Å². The molecule has 3 aliphatic carbocycles.